The molecule has 1 rings (SSSR count). The molecule has 100 valence electrons. The van der Waals surface area contributed by atoms with E-state index in [1.54, 1.807) is 0 Å². The van der Waals surface area contributed by atoms with Gasteiger partial charge in [0.1, 0.15) is 0 Å². The molecule has 0 heterocycles. The zero-order valence-electron chi connectivity index (χ0n) is 11.7. The summed E-state index contributed by atoms with van der Waals surface area (Å²) < 4.78 is 5.20. The molecule has 0 aromatic carbocycles. The Kier molecular flexibility index (Phi) is 4.23. The highest BCUT2D eigenvalue weighted by atomic mass is 16.5. The molecular formula is C14H26O3. The van der Waals surface area contributed by atoms with Crippen LogP contribution in [0.1, 0.15) is 53.4 Å². The highest BCUT2D eigenvalue weighted by Gasteiger charge is 2.44. The average molecular weight is 242 g/mol. The quantitative estimate of drug-likeness (QED) is 0.822. The fourth-order valence-corrected chi connectivity index (χ4v) is 3.27. The third-order valence-corrected chi connectivity index (χ3v) is 4.39. The molecule has 3 heteroatoms. The minimum Gasteiger partial charge on any atom is -0.479 e. The van der Waals surface area contributed by atoms with E-state index in [1.165, 1.54) is 20.0 Å². The number of hydrogen-bond acceptors (Lipinski definition) is 2. The van der Waals surface area contributed by atoms with Crippen molar-refractivity contribution >= 4 is 5.97 Å². The molecule has 2 atom stereocenters. The Morgan fingerprint density at radius 2 is 2.06 bits per heavy atom. The van der Waals surface area contributed by atoms with Gasteiger partial charge in [-0.2, -0.15) is 0 Å². The lowest BCUT2D eigenvalue weighted by molar-refractivity contribution is -0.160. The van der Waals surface area contributed by atoms with Gasteiger partial charge in [0.25, 0.3) is 0 Å². The molecule has 2 unspecified atom stereocenters. The molecule has 0 bridgehead atoms. The summed E-state index contributed by atoms with van der Waals surface area (Å²) in [5, 5.41) is 9.24. The summed E-state index contributed by atoms with van der Waals surface area (Å²) in [6.45, 7) is 8.61. The molecular weight excluding hydrogens is 216 g/mol. The van der Waals surface area contributed by atoms with Crippen LogP contribution in [0, 0.1) is 16.7 Å². The fraction of sp³-hybridized carbons (Fsp3) is 0.929. The van der Waals surface area contributed by atoms with E-state index in [1.807, 2.05) is 13.8 Å². The van der Waals surface area contributed by atoms with Crippen molar-refractivity contribution in [1.82, 2.24) is 0 Å². The summed E-state index contributed by atoms with van der Waals surface area (Å²) in [5.41, 5.74) is 0.0231. The second kappa shape index (κ2) is 4.97. The van der Waals surface area contributed by atoms with Crippen LogP contribution in [0.4, 0.5) is 0 Å². The van der Waals surface area contributed by atoms with Crippen LogP contribution in [-0.2, 0) is 9.53 Å². The lowest BCUT2D eigenvalue weighted by atomic mass is 9.61. The third-order valence-electron chi connectivity index (χ3n) is 4.39. The van der Waals surface area contributed by atoms with E-state index in [0.717, 1.165) is 12.8 Å². The lowest BCUT2D eigenvalue weighted by Gasteiger charge is -2.45. The van der Waals surface area contributed by atoms with Gasteiger partial charge in [0.15, 0.2) is 6.10 Å². The van der Waals surface area contributed by atoms with Crippen LogP contribution in [0.2, 0.25) is 0 Å². The van der Waals surface area contributed by atoms with E-state index in [9.17, 15) is 9.90 Å². The number of carboxylic acid groups (broad SMARTS) is 1. The Balaban J connectivity index is 2.85. The summed E-state index contributed by atoms with van der Waals surface area (Å²) in [6.07, 6.45) is 3.93. The maximum Gasteiger partial charge on any atom is 0.333 e. The number of methoxy groups -OCH3 is 1. The Morgan fingerprint density at radius 3 is 2.47 bits per heavy atom. The zero-order valence-corrected chi connectivity index (χ0v) is 11.7. The van der Waals surface area contributed by atoms with Gasteiger partial charge in [-0.1, -0.05) is 34.1 Å². The number of hydrogen-bond donors (Lipinski definition) is 1. The molecule has 0 saturated heterocycles. The predicted molar refractivity (Wildman–Crippen MR) is 68.0 cm³/mol. The summed E-state index contributed by atoms with van der Waals surface area (Å²) in [4.78, 5) is 11.3. The SMILES string of the molecule is COC(C(=O)O)C(C)(C)C1CCCC(C)(C)C1. The molecule has 0 aromatic heterocycles. The van der Waals surface area contributed by atoms with E-state index >= 15 is 0 Å². The zero-order chi connectivity index (χ0) is 13.3. The minimum absolute atomic E-state index is 0.307. The van der Waals surface area contributed by atoms with Gasteiger partial charge in [-0.15, -0.1) is 0 Å². The van der Waals surface area contributed by atoms with Gasteiger partial charge < -0.3 is 9.84 Å². The largest absolute Gasteiger partial charge is 0.479 e. The number of carbonyl (C=O) groups is 1. The maximum absolute atomic E-state index is 11.3. The smallest absolute Gasteiger partial charge is 0.333 e. The van der Waals surface area contributed by atoms with E-state index in [0.29, 0.717) is 11.3 Å². The predicted octanol–water partition coefficient (Wildman–Crippen LogP) is 3.33. The molecule has 1 N–H and O–H groups in total. The van der Waals surface area contributed by atoms with Crippen molar-refractivity contribution in [2.24, 2.45) is 16.7 Å². The van der Waals surface area contributed by atoms with Gasteiger partial charge in [-0.25, -0.2) is 4.79 Å². The molecule has 0 amide bonds. The van der Waals surface area contributed by atoms with Crippen molar-refractivity contribution < 1.29 is 14.6 Å². The van der Waals surface area contributed by atoms with Crippen LogP contribution in [0.5, 0.6) is 0 Å². The number of carboxylic acids is 1. The maximum atomic E-state index is 11.3. The van der Waals surface area contributed by atoms with E-state index < -0.39 is 12.1 Å². The second-order valence-corrected chi connectivity index (χ2v) is 6.73. The molecule has 0 spiro atoms. The molecule has 0 aliphatic heterocycles. The van der Waals surface area contributed by atoms with Gasteiger partial charge in [-0.3, -0.25) is 0 Å². The summed E-state index contributed by atoms with van der Waals surface area (Å²) >= 11 is 0. The van der Waals surface area contributed by atoms with Crippen LogP contribution in [0.25, 0.3) is 0 Å². The fourth-order valence-electron chi connectivity index (χ4n) is 3.27. The van der Waals surface area contributed by atoms with Gasteiger partial charge in [0.2, 0.25) is 0 Å². The average Bonchev–Trinajstić information content (AvgIpc) is 2.15. The van der Waals surface area contributed by atoms with Crippen molar-refractivity contribution in [3.05, 3.63) is 0 Å². The molecule has 17 heavy (non-hydrogen) atoms. The molecule has 0 aromatic rings. The molecule has 1 aliphatic carbocycles. The van der Waals surface area contributed by atoms with E-state index in [2.05, 4.69) is 13.8 Å². The van der Waals surface area contributed by atoms with Crippen molar-refractivity contribution in [1.29, 1.82) is 0 Å². The van der Waals surface area contributed by atoms with Crippen molar-refractivity contribution in [2.75, 3.05) is 7.11 Å². The van der Waals surface area contributed by atoms with Gasteiger partial charge >= 0.3 is 5.97 Å². The topological polar surface area (TPSA) is 46.5 Å². The highest BCUT2D eigenvalue weighted by Crippen LogP contribution is 2.47. The lowest BCUT2D eigenvalue weighted by Crippen LogP contribution is -2.45. The molecule has 3 nitrogen and oxygen atoms in total. The van der Waals surface area contributed by atoms with Crippen LogP contribution in [0.3, 0.4) is 0 Å². The summed E-state index contributed by atoms with van der Waals surface area (Å²) in [6, 6.07) is 0. The third kappa shape index (κ3) is 3.21. The highest BCUT2D eigenvalue weighted by molar-refractivity contribution is 5.73. The van der Waals surface area contributed by atoms with Crippen LogP contribution < -0.4 is 0 Å². The molecule has 1 saturated carbocycles. The Labute approximate surface area is 105 Å². The molecule has 1 fully saturated rings. The van der Waals surface area contributed by atoms with Crippen LogP contribution in [0.15, 0.2) is 0 Å². The Morgan fingerprint density at radius 1 is 1.47 bits per heavy atom. The first-order valence-electron chi connectivity index (χ1n) is 6.46. The van der Waals surface area contributed by atoms with Crippen LogP contribution >= 0.6 is 0 Å². The molecule has 1 aliphatic rings. The van der Waals surface area contributed by atoms with E-state index in [-0.39, 0.29) is 5.41 Å². The number of rotatable bonds is 4. The summed E-state index contributed by atoms with van der Waals surface area (Å²) in [5.74, 6) is -0.423. The first kappa shape index (κ1) is 14.5. The van der Waals surface area contributed by atoms with Gasteiger partial charge in [-0.05, 0) is 30.6 Å². The minimum atomic E-state index is -0.846. The summed E-state index contributed by atoms with van der Waals surface area (Å²) in [7, 11) is 1.49. The standard InChI is InChI=1S/C14H26O3/c1-13(2)8-6-7-10(9-13)14(3,4)11(17-5)12(15)16/h10-11H,6-9H2,1-5H3,(H,15,16). The van der Waals surface area contributed by atoms with E-state index in [4.69, 9.17) is 4.74 Å². The van der Waals surface area contributed by atoms with Crippen molar-refractivity contribution in [2.45, 2.75) is 59.5 Å². The Hall–Kier alpha value is -0.570. The first-order chi connectivity index (χ1) is 7.70. The van der Waals surface area contributed by atoms with Crippen LogP contribution in [-0.4, -0.2) is 24.3 Å². The van der Waals surface area contributed by atoms with Gasteiger partial charge in [0.05, 0.1) is 0 Å². The molecule has 0 radical (unpaired) electrons. The number of ether oxygens (including phenoxy) is 1. The normalized spacial score (nSPS) is 26.5. The van der Waals surface area contributed by atoms with Crippen molar-refractivity contribution in [3.8, 4) is 0 Å². The van der Waals surface area contributed by atoms with Gasteiger partial charge in [0, 0.05) is 12.5 Å². The monoisotopic (exact) mass is 242 g/mol. The van der Waals surface area contributed by atoms with Crippen molar-refractivity contribution in [3.63, 3.8) is 0 Å². The Bertz CT molecular complexity index is 281. The first-order valence-corrected chi connectivity index (χ1v) is 6.46. The second-order valence-electron chi connectivity index (χ2n) is 6.73. The number of aliphatic carboxylic acids is 1.